The largest absolute Gasteiger partial charge is 0.314 e. The SMILES string of the molecule is CCCNC1CCN(Cc2cc(C)c(F)c(C)c2)CC1C. The maximum atomic E-state index is 13.7. The summed E-state index contributed by atoms with van der Waals surface area (Å²) in [5, 5.41) is 3.65. The minimum atomic E-state index is -0.0606. The molecule has 118 valence electrons. The molecule has 21 heavy (non-hydrogen) atoms. The van der Waals surface area contributed by atoms with Gasteiger partial charge in [0, 0.05) is 19.1 Å². The molecule has 1 saturated heterocycles. The van der Waals surface area contributed by atoms with E-state index in [-0.39, 0.29) is 5.82 Å². The number of nitrogens with zero attached hydrogens (tertiary/aromatic N) is 1. The number of hydrogen-bond acceptors (Lipinski definition) is 2. The molecule has 1 fully saturated rings. The Kier molecular flexibility index (Phi) is 5.77. The van der Waals surface area contributed by atoms with Gasteiger partial charge in [0.05, 0.1) is 0 Å². The molecular formula is C18H29FN2. The summed E-state index contributed by atoms with van der Waals surface area (Å²) in [6.45, 7) is 12.6. The Balaban J connectivity index is 1.93. The van der Waals surface area contributed by atoms with Crippen LogP contribution in [0.1, 0.15) is 43.4 Å². The molecule has 1 aliphatic heterocycles. The van der Waals surface area contributed by atoms with Crippen molar-refractivity contribution in [3.05, 3.63) is 34.6 Å². The van der Waals surface area contributed by atoms with Crippen LogP contribution in [0.4, 0.5) is 4.39 Å². The minimum absolute atomic E-state index is 0.0606. The van der Waals surface area contributed by atoms with Crippen LogP contribution in [0.2, 0.25) is 0 Å². The summed E-state index contributed by atoms with van der Waals surface area (Å²) in [6.07, 6.45) is 2.40. The second kappa shape index (κ2) is 7.37. The van der Waals surface area contributed by atoms with Crippen LogP contribution in [0.15, 0.2) is 12.1 Å². The van der Waals surface area contributed by atoms with Crippen molar-refractivity contribution in [2.24, 2.45) is 5.92 Å². The summed E-state index contributed by atoms with van der Waals surface area (Å²) < 4.78 is 13.7. The topological polar surface area (TPSA) is 15.3 Å². The Hall–Kier alpha value is -0.930. The van der Waals surface area contributed by atoms with E-state index in [0.717, 1.165) is 37.3 Å². The van der Waals surface area contributed by atoms with Crippen molar-refractivity contribution >= 4 is 0 Å². The second-order valence-corrected chi connectivity index (χ2v) is 6.61. The van der Waals surface area contributed by atoms with Crippen LogP contribution in [-0.4, -0.2) is 30.6 Å². The highest BCUT2D eigenvalue weighted by Gasteiger charge is 2.25. The van der Waals surface area contributed by atoms with Gasteiger partial charge in [0.25, 0.3) is 0 Å². The summed E-state index contributed by atoms with van der Waals surface area (Å²) in [6, 6.07) is 4.64. The third-order valence-corrected chi connectivity index (χ3v) is 4.55. The molecule has 0 radical (unpaired) electrons. The molecule has 1 aliphatic rings. The van der Waals surface area contributed by atoms with E-state index >= 15 is 0 Å². The molecule has 0 aliphatic carbocycles. The third-order valence-electron chi connectivity index (χ3n) is 4.55. The predicted molar refractivity (Wildman–Crippen MR) is 87.0 cm³/mol. The number of likely N-dealkylation sites (tertiary alicyclic amines) is 1. The summed E-state index contributed by atoms with van der Waals surface area (Å²) >= 11 is 0. The summed E-state index contributed by atoms with van der Waals surface area (Å²) in [7, 11) is 0. The number of nitrogens with one attached hydrogen (secondary N) is 1. The molecule has 3 heteroatoms. The van der Waals surface area contributed by atoms with Gasteiger partial charge >= 0.3 is 0 Å². The number of rotatable bonds is 5. The van der Waals surface area contributed by atoms with Gasteiger partial charge in [0.15, 0.2) is 0 Å². The lowest BCUT2D eigenvalue weighted by molar-refractivity contribution is 0.141. The fourth-order valence-electron chi connectivity index (χ4n) is 3.39. The molecule has 1 N–H and O–H groups in total. The standard InChI is InChI=1S/C18H29FN2/c1-5-7-20-17-6-8-21(11-15(17)4)12-16-9-13(2)18(19)14(3)10-16/h9-10,15,17,20H,5-8,11-12H2,1-4H3. The van der Waals surface area contributed by atoms with Crippen LogP contribution in [0, 0.1) is 25.6 Å². The first-order valence-corrected chi connectivity index (χ1v) is 8.22. The number of halogens is 1. The highest BCUT2D eigenvalue weighted by atomic mass is 19.1. The van der Waals surface area contributed by atoms with Crippen molar-refractivity contribution in [1.29, 1.82) is 0 Å². The van der Waals surface area contributed by atoms with Gasteiger partial charge in [0.1, 0.15) is 5.82 Å². The van der Waals surface area contributed by atoms with E-state index in [0.29, 0.717) is 12.0 Å². The molecule has 1 heterocycles. The lowest BCUT2D eigenvalue weighted by Gasteiger charge is -2.37. The molecule has 0 bridgehead atoms. The van der Waals surface area contributed by atoms with E-state index in [4.69, 9.17) is 0 Å². The fourth-order valence-corrected chi connectivity index (χ4v) is 3.39. The first-order chi connectivity index (χ1) is 10.0. The summed E-state index contributed by atoms with van der Waals surface area (Å²) in [5.41, 5.74) is 2.76. The molecule has 0 amide bonds. The second-order valence-electron chi connectivity index (χ2n) is 6.61. The van der Waals surface area contributed by atoms with Gasteiger partial charge in [-0.2, -0.15) is 0 Å². The van der Waals surface area contributed by atoms with Crippen molar-refractivity contribution in [2.75, 3.05) is 19.6 Å². The highest BCUT2D eigenvalue weighted by molar-refractivity contribution is 5.30. The van der Waals surface area contributed by atoms with Crippen LogP contribution in [-0.2, 0) is 6.54 Å². The lowest BCUT2D eigenvalue weighted by atomic mass is 9.93. The monoisotopic (exact) mass is 292 g/mol. The average Bonchev–Trinajstić information content (AvgIpc) is 2.44. The smallest absolute Gasteiger partial charge is 0.129 e. The number of aryl methyl sites for hydroxylation is 2. The Morgan fingerprint density at radius 2 is 1.95 bits per heavy atom. The Morgan fingerprint density at radius 3 is 2.52 bits per heavy atom. The normalized spacial score (nSPS) is 23.5. The molecule has 2 nitrogen and oxygen atoms in total. The van der Waals surface area contributed by atoms with E-state index in [9.17, 15) is 4.39 Å². The summed E-state index contributed by atoms with van der Waals surface area (Å²) in [5.74, 6) is 0.613. The molecule has 2 unspecified atom stereocenters. The van der Waals surface area contributed by atoms with Crippen molar-refractivity contribution < 1.29 is 4.39 Å². The summed E-state index contributed by atoms with van der Waals surface area (Å²) in [4.78, 5) is 2.50. The minimum Gasteiger partial charge on any atom is -0.314 e. The molecule has 0 aromatic heterocycles. The van der Waals surface area contributed by atoms with E-state index in [1.54, 1.807) is 0 Å². The van der Waals surface area contributed by atoms with Gasteiger partial charge in [-0.1, -0.05) is 26.0 Å². The average molecular weight is 292 g/mol. The molecule has 2 atom stereocenters. The van der Waals surface area contributed by atoms with Gasteiger partial charge in [-0.3, -0.25) is 4.90 Å². The molecule has 0 saturated carbocycles. The van der Waals surface area contributed by atoms with Crippen LogP contribution >= 0.6 is 0 Å². The van der Waals surface area contributed by atoms with Crippen LogP contribution < -0.4 is 5.32 Å². The maximum absolute atomic E-state index is 13.7. The Morgan fingerprint density at radius 1 is 1.29 bits per heavy atom. The molecule has 1 aromatic rings. The predicted octanol–water partition coefficient (Wildman–Crippen LogP) is 3.65. The third kappa shape index (κ3) is 4.27. The van der Waals surface area contributed by atoms with Gasteiger partial charge in [-0.05, 0) is 62.4 Å². The molecule has 0 spiro atoms. The van der Waals surface area contributed by atoms with Gasteiger partial charge < -0.3 is 5.32 Å². The maximum Gasteiger partial charge on any atom is 0.129 e. The van der Waals surface area contributed by atoms with Crippen molar-refractivity contribution in [3.63, 3.8) is 0 Å². The molecule has 1 aromatic carbocycles. The molecule has 2 rings (SSSR count). The first kappa shape index (κ1) is 16.4. The Bertz CT molecular complexity index is 449. The van der Waals surface area contributed by atoms with Crippen molar-refractivity contribution in [1.82, 2.24) is 10.2 Å². The molecular weight excluding hydrogens is 263 g/mol. The first-order valence-electron chi connectivity index (χ1n) is 8.22. The van der Waals surface area contributed by atoms with Crippen molar-refractivity contribution in [3.8, 4) is 0 Å². The van der Waals surface area contributed by atoms with Crippen LogP contribution in [0.3, 0.4) is 0 Å². The Labute approximate surface area is 128 Å². The number of benzene rings is 1. The van der Waals surface area contributed by atoms with E-state index in [1.165, 1.54) is 18.4 Å². The number of hydrogen-bond donors (Lipinski definition) is 1. The number of piperidine rings is 1. The zero-order valence-electron chi connectivity index (χ0n) is 13.9. The van der Waals surface area contributed by atoms with E-state index < -0.39 is 0 Å². The van der Waals surface area contributed by atoms with Gasteiger partial charge in [0.2, 0.25) is 0 Å². The van der Waals surface area contributed by atoms with Gasteiger partial charge in [-0.15, -0.1) is 0 Å². The van der Waals surface area contributed by atoms with Crippen molar-refractivity contribution in [2.45, 2.75) is 53.1 Å². The lowest BCUT2D eigenvalue weighted by Crippen LogP contribution is -2.48. The fraction of sp³-hybridized carbons (Fsp3) is 0.667. The van der Waals surface area contributed by atoms with Gasteiger partial charge in [-0.25, -0.2) is 4.39 Å². The highest BCUT2D eigenvalue weighted by Crippen LogP contribution is 2.21. The van der Waals surface area contributed by atoms with Crippen LogP contribution in [0.5, 0.6) is 0 Å². The zero-order valence-corrected chi connectivity index (χ0v) is 13.9. The van der Waals surface area contributed by atoms with Crippen LogP contribution in [0.25, 0.3) is 0 Å². The zero-order chi connectivity index (χ0) is 15.4. The van der Waals surface area contributed by atoms with E-state index in [2.05, 4.69) is 24.1 Å². The quantitative estimate of drug-likeness (QED) is 0.891. The van der Waals surface area contributed by atoms with E-state index in [1.807, 2.05) is 26.0 Å².